The Balaban J connectivity index is 4.14. The summed E-state index contributed by atoms with van der Waals surface area (Å²) in [4.78, 5) is 5.47. The maximum absolute atomic E-state index is 7.99. The van der Waals surface area contributed by atoms with Crippen LogP contribution >= 0.6 is 0 Å². The Hall–Kier alpha value is -1.73. The fraction of sp³-hybridized carbons (Fsp3) is 0.500. The van der Waals surface area contributed by atoms with Gasteiger partial charge >= 0.3 is 0 Å². The summed E-state index contributed by atoms with van der Waals surface area (Å²) in [5.74, 6) is 0. The first-order valence-electron chi connectivity index (χ1n) is 2.49. The highest BCUT2D eigenvalue weighted by molar-refractivity contribution is 5.75. The number of nitrogens with zero attached hydrogens (tertiary/aromatic N) is 5. The van der Waals surface area contributed by atoms with Crippen molar-refractivity contribution in [1.29, 1.82) is 5.26 Å². The van der Waals surface area contributed by atoms with Crippen LogP contribution in [0.5, 0.6) is 0 Å². The average Bonchev–Trinajstić information content (AvgIpc) is 1.90. The molecule has 0 amide bonds. The molecule has 0 heterocycles. The van der Waals surface area contributed by atoms with Gasteiger partial charge in [0.15, 0.2) is 0 Å². The van der Waals surface area contributed by atoms with Gasteiger partial charge in [-0.25, -0.2) is 0 Å². The van der Waals surface area contributed by atoms with Crippen molar-refractivity contribution >= 4 is 6.02 Å². The minimum absolute atomic E-state index is 0.243. The maximum atomic E-state index is 7.99. The Morgan fingerprint density at radius 2 is 2.60 bits per heavy atom. The maximum Gasteiger partial charge on any atom is 0.289 e. The second-order valence-electron chi connectivity index (χ2n) is 1.12. The van der Waals surface area contributed by atoms with Crippen LogP contribution in [0.4, 0.5) is 0 Å². The van der Waals surface area contributed by atoms with Gasteiger partial charge in [0.2, 0.25) is 6.19 Å². The zero-order chi connectivity index (χ0) is 7.82. The van der Waals surface area contributed by atoms with E-state index in [1.165, 1.54) is 6.19 Å². The minimum atomic E-state index is -0.243. The van der Waals surface area contributed by atoms with Crippen molar-refractivity contribution in [2.45, 2.75) is 6.92 Å². The molecule has 0 aromatic carbocycles. The van der Waals surface area contributed by atoms with Crippen molar-refractivity contribution < 1.29 is 4.74 Å². The second kappa shape index (κ2) is 5.41. The third kappa shape index (κ3) is 3.29. The number of amidine groups is 1. The summed E-state index contributed by atoms with van der Waals surface area (Å²) in [5, 5.41) is 11.0. The monoisotopic (exact) mass is 139 g/mol. The van der Waals surface area contributed by atoms with Crippen LogP contribution in [0, 0.1) is 11.5 Å². The van der Waals surface area contributed by atoms with Gasteiger partial charge in [-0.3, -0.25) is 0 Å². The lowest BCUT2D eigenvalue weighted by atomic mass is 10.9. The first-order chi connectivity index (χ1) is 4.85. The third-order valence-corrected chi connectivity index (χ3v) is 0.549. The molecule has 0 atom stereocenters. The van der Waals surface area contributed by atoms with Crippen LogP contribution in [-0.4, -0.2) is 12.6 Å². The van der Waals surface area contributed by atoms with Gasteiger partial charge < -0.3 is 4.74 Å². The summed E-state index contributed by atoms with van der Waals surface area (Å²) in [5.41, 5.74) is 7.88. The molecule has 0 saturated heterocycles. The lowest BCUT2D eigenvalue weighted by molar-refractivity contribution is 0.322. The molecule has 0 aromatic rings. The normalized spacial score (nSPS) is 9.40. The van der Waals surface area contributed by atoms with Crippen LogP contribution < -0.4 is 0 Å². The molecule has 0 aromatic heterocycles. The Morgan fingerprint density at radius 1 is 1.90 bits per heavy atom. The molecule has 6 heteroatoms. The average molecular weight is 139 g/mol. The molecule has 0 rings (SSSR count). The Kier molecular flexibility index (Phi) is 4.47. The summed E-state index contributed by atoms with van der Waals surface area (Å²) in [6, 6.07) is -0.243. The highest BCUT2D eigenvalue weighted by atomic mass is 16.5. The first kappa shape index (κ1) is 8.27. The highest BCUT2D eigenvalue weighted by Crippen LogP contribution is 1.84. The van der Waals surface area contributed by atoms with E-state index in [0.717, 1.165) is 0 Å². The van der Waals surface area contributed by atoms with Crippen LogP contribution in [-0.2, 0) is 4.74 Å². The number of azide groups is 1. The van der Waals surface area contributed by atoms with Gasteiger partial charge in [-0.1, -0.05) is 0 Å². The van der Waals surface area contributed by atoms with Gasteiger partial charge in [0.05, 0.1) is 6.61 Å². The van der Waals surface area contributed by atoms with E-state index in [9.17, 15) is 0 Å². The standard InChI is InChI=1S/C4H5N5O/c1-2-10-4(7-3-5)8-9-6/h2H2,1H3. The van der Waals surface area contributed by atoms with Gasteiger partial charge in [-0.2, -0.15) is 5.26 Å². The molecule has 6 nitrogen and oxygen atoms in total. The van der Waals surface area contributed by atoms with Gasteiger partial charge in [-0.05, 0) is 17.6 Å². The summed E-state index contributed by atoms with van der Waals surface area (Å²) in [7, 11) is 0. The smallest absolute Gasteiger partial charge is 0.289 e. The number of nitriles is 1. The van der Waals surface area contributed by atoms with E-state index < -0.39 is 0 Å². The first-order valence-corrected chi connectivity index (χ1v) is 2.49. The topological polar surface area (TPSA) is 94.1 Å². The number of ether oxygens (including phenoxy) is 1. The molecule has 52 valence electrons. The SMILES string of the molecule is CCOC(N=[N+]=[N-])=NC#N. The van der Waals surface area contributed by atoms with Crippen LogP contribution in [0.1, 0.15) is 6.92 Å². The van der Waals surface area contributed by atoms with Crippen molar-refractivity contribution in [2.24, 2.45) is 10.1 Å². The molecule has 0 fully saturated rings. The van der Waals surface area contributed by atoms with Crippen LogP contribution in [0.2, 0.25) is 0 Å². The molecule has 0 bridgehead atoms. The minimum Gasteiger partial charge on any atom is -0.476 e. The molecular weight excluding hydrogens is 134 g/mol. The van der Waals surface area contributed by atoms with Crippen molar-refractivity contribution in [3.63, 3.8) is 0 Å². The lowest BCUT2D eigenvalue weighted by Crippen LogP contribution is -1.98. The Morgan fingerprint density at radius 3 is 3.00 bits per heavy atom. The van der Waals surface area contributed by atoms with E-state index in [-0.39, 0.29) is 6.02 Å². The third-order valence-electron chi connectivity index (χ3n) is 0.549. The summed E-state index contributed by atoms with van der Waals surface area (Å²) in [6.45, 7) is 2.01. The van der Waals surface area contributed by atoms with E-state index in [1.807, 2.05) is 0 Å². The molecule has 0 aliphatic rings. The zero-order valence-electron chi connectivity index (χ0n) is 5.35. The lowest BCUT2D eigenvalue weighted by Gasteiger charge is -1.94. The van der Waals surface area contributed by atoms with Gasteiger partial charge in [-0.15, -0.1) is 4.99 Å². The number of hydrogen-bond acceptors (Lipinski definition) is 3. The predicted molar refractivity (Wildman–Crippen MR) is 33.8 cm³/mol. The van der Waals surface area contributed by atoms with Gasteiger partial charge in [0.1, 0.15) is 0 Å². The predicted octanol–water partition coefficient (Wildman–Crippen LogP) is 1.17. The zero-order valence-corrected chi connectivity index (χ0v) is 5.35. The van der Waals surface area contributed by atoms with E-state index in [0.29, 0.717) is 6.61 Å². The molecule has 0 radical (unpaired) electrons. The van der Waals surface area contributed by atoms with Crippen molar-refractivity contribution in [2.75, 3.05) is 6.61 Å². The molecule has 0 N–H and O–H groups in total. The molecule has 0 unspecified atom stereocenters. The van der Waals surface area contributed by atoms with Crippen molar-refractivity contribution in [3.8, 4) is 6.19 Å². The fourth-order valence-corrected chi connectivity index (χ4v) is 0.294. The van der Waals surface area contributed by atoms with Crippen LogP contribution in [0.15, 0.2) is 10.1 Å². The quantitative estimate of drug-likeness (QED) is 0.136. The van der Waals surface area contributed by atoms with E-state index in [4.69, 9.17) is 10.8 Å². The Bertz CT molecular complexity index is 208. The molecular formula is C4H5N5O. The fourth-order valence-electron chi connectivity index (χ4n) is 0.294. The molecule has 0 aliphatic heterocycles. The van der Waals surface area contributed by atoms with E-state index in [1.54, 1.807) is 6.92 Å². The van der Waals surface area contributed by atoms with Crippen LogP contribution in [0.3, 0.4) is 0 Å². The van der Waals surface area contributed by atoms with E-state index in [2.05, 4.69) is 19.8 Å². The van der Waals surface area contributed by atoms with Crippen LogP contribution in [0.25, 0.3) is 10.4 Å². The number of rotatable bonds is 1. The number of hydrogen-bond donors (Lipinski definition) is 0. The van der Waals surface area contributed by atoms with Crippen molar-refractivity contribution in [3.05, 3.63) is 10.4 Å². The van der Waals surface area contributed by atoms with Crippen molar-refractivity contribution in [1.82, 2.24) is 0 Å². The van der Waals surface area contributed by atoms with E-state index >= 15 is 0 Å². The molecule has 0 saturated carbocycles. The number of aliphatic imine (C=N–C) groups is 1. The second-order valence-corrected chi connectivity index (χ2v) is 1.12. The summed E-state index contributed by atoms with van der Waals surface area (Å²) >= 11 is 0. The molecule has 10 heavy (non-hydrogen) atoms. The molecule has 0 aliphatic carbocycles. The van der Waals surface area contributed by atoms with Gasteiger partial charge in [0, 0.05) is 4.91 Å². The Labute approximate surface area is 57.4 Å². The highest BCUT2D eigenvalue weighted by Gasteiger charge is 1.90. The largest absolute Gasteiger partial charge is 0.476 e. The summed E-state index contributed by atoms with van der Waals surface area (Å²) in [6.07, 6.45) is 1.44. The molecule has 0 spiro atoms. The van der Waals surface area contributed by atoms with Gasteiger partial charge in [0.25, 0.3) is 6.02 Å². The summed E-state index contributed by atoms with van der Waals surface area (Å²) < 4.78 is 4.63.